The van der Waals surface area contributed by atoms with Gasteiger partial charge in [0.25, 0.3) is 0 Å². The van der Waals surface area contributed by atoms with E-state index in [4.69, 9.17) is 15.2 Å². The molecule has 0 radical (unpaired) electrons. The zero-order valence-corrected chi connectivity index (χ0v) is 10.5. The Morgan fingerprint density at radius 3 is 2.59 bits per heavy atom. The van der Waals surface area contributed by atoms with Crippen molar-refractivity contribution in [1.29, 1.82) is 0 Å². The lowest BCUT2D eigenvalue weighted by Gasteiger charge is -2.29. The van der Waals surface area contributed by atoms with Crippen molar-refractivity contribution in [3.8, 4) is 0 Å². The number of carbonyl (C=O) groups is 1. The van der Waals surface area contributed by atoms with Crippen LogP contribution in [-0.4, -0.2) is 33.3 Å². The van der Waals surface area contributed by atoms with Crippen molar-refractivity contribution in [2.45, 2.75) is 12.3 Å². The molecule has 0 bridgehead atoms. The van der Waals surface area contributed by atoms with E-state index in [1.54, 1.807) is 7.11 Å². The largest absolute Gasteiger partial charge is 0.468 e. The Balaban J connectivity index is 3.25. The van der Waals surface area contributed by atoms with Crippen molar-refractivity contribution < 1.29 is 14.3 Å². The lowest BCUT2D eigenvalue weighted by Crippen LogP contribution is -2.47. The molecule has 0 aliphatic heterocycles. The summed E-state index contributed by atoms with van der Waals surface area (Å²) in [5.41, 5.74) is 6.75. The normalized spacial score (nSPS) is 14.1. The van der Waals surface area contributed by atoms with E-state index >= 15 is 0 Å². The Bertz CT molecular complexity index is 392. The van der Waals surface area contributed by atoms with Gasteiger partial charge in [-0.15, -0.1) is 0 Å². The van der Waals surface area contributed by atoms with Crippen LogP contribution in [0.5, 0.6) is 0 Å². The summed E-state index contributed by atoms with van der Waals surface area (Å²) in [6, 6.07) is 7.67. The second-order valence-electron chi connectivity index (χ2n) is 4.08. The summed E-state index contributed by atoms with van der Waals surface area (Å²) in [5, 5.41) is 0. The van der Waals surface area contributed by atoms with Crippen LogP contribution in [0.3, 0.4) is 0 Å². The SMILES string of the molecule is COCC(CN)(C(=O)OC)c1cccc(C)c1. The third-order valence-electron chi connectivity index (χ3n) is 2.89. The Morgan fingerprint density at radius 1 is 1.41 bits per heavy atom. The number of aryl methyl sites for hydroxylation is 1. The first-order valence-electron chi connectivity index (χ1n) is 5.45. The van der Waals surface area contributed by atoms with Crippen molar-refractivity contribution in [1.82, 2.24) is 0 Å². The molecule has 0 aliphatic rings. The second-order valence-corrected chi connectivity index (χ2v) is 4.08. The molecule has 0 aliphatic carbocycles. The van der Waals surface area contributed by atoms with Gasteiger partial charge in [0.2, 0.25) is 0 Å². The zero-order chi connectivity index (χ0) is 12.9. The molecule has 0 saturated carbocycles. The number of esters is 1. The van der Waals surface area contributed by atoms with E-state index in [9.17, 15) is 4.79 Å². The molecule has 4 heteroatoms. The summed E-state index contributed by atoms with van der Waals surface area (Å²) in [6.07, 6.45) is 0. The van der Waals surface area contributed by atoms with Crippen molar-refractivity contribution in [2.75, 3.05) is 27.4 Å². The van der Waals surface area contributed by atoms with Crippen molar-refractivity contribution in [3.05, 3.63) is 35.4 Å². The first-order chi connectivity index (χ1) is 8.10. The topological polar surface area (TPSA) is 61.5 Å². The molecule has 1 unspecified atom stereocenters. The zero-order valence-electron chi connectivity index (χ0n) is 10.5. The number of carbonyl (C=O) groups excluding carboxylic acids is 1. The summed E-state index contributed by atoms with van der Waals surface area (Å²) in [7, 11) is 2.90. The standard InChI is InChI=1S/C13H19NO3/c1-10-5-4-6-11(7-10)13(8-14,9-16-2)12(15)17-3/h4-7H,8-9,14H2,1-3H3. The lowest BCUT2D eigenvalue weighted by molar-refractivity contribution is -0.149. The van der Waals surface area contributed by atoms with Crippen LogP contribution in [0.4, 0.5) is 0 Å². The molecular formula is C13H19NO3. The molecule has 1 aromatic rings. The summed E-state index contributed by atoms with van der Waals surface area (Å²) in [6.45, 7) is 2.32. The molecule has 0 heterocycles. The van der Waals surface area contributed by atoms with E-state index in [0.29, 0.717) is 0 Å². The Hall–Kier alpha value is -1.39. The third kappa shape index (κ3) is 2.65. The first kappa shape index (κ1) is 13.7. The lowest BCUT2D eigenvalue weighted by atomic mass is 9.80. The number of ether oxygens (including phenoxy) is 2. The van der Waals surface area contributed by atoms with Gasteiger partial charge in [0.15, 0.2) is 0 Å². The van der Waals surface area contributed by atoms with Gasteiger partial charge in [-0.2, -0.15) is 0 Å². The first-order valence-corrected chi connectivity index (χ1v) is 5.45. The second kappa shape index (κ2) is 5.80. The number of nitrogens with two attached hydrogens (primary N) is 1. The summed E-state index contributed by atoms with van der Waals surface area (Å²) < 4.78 is 9.99. The van der Waals surface area contributed by atoms with Gasteiger partial charge < -0.3 is 15.2 Å². The Kier molecular flexibility index (Phi) is 4.66. The summed E-state index contributed by atoms with van der Waals surface area (Å²) in [4.78, 5) is 12.0. The highest BCUT2D eigenvalue weighted by atomic mass is 16.5. The molecule has 1 aromatic carbocycles. The highest BCUT2D eigenvalue weighted by Gasteiger charge is 2.40. The smallest absolute Gasteiger partial charge is 0.319 e. The van der Waals surface area contributed by atoms with Crippen LogP contribution in [0.15, 0.2) is 24.3 Å². The quantitative estimate of drug-likeness (QED) is 0.776. The van der Waals surface area contributed by atoms with Crippen LogP contribution in [0.25, 0.3) is 0 Å². The van der Waals surface area contributed by atoms with Crippen molar-refractivity contribution >= 4 is 5.97 Å². The van der Waals surface area contributed by atoms with E-state index in [2.05, 4.69) is 0 Å². The highest BCUT2D eigenvalue weighted by Crippen LogP contribution is 2.26. The Labute approximate surface area is 102 Å². The maximum atomic E-state index is 12.0. The third-order valence-corrected chi connectivity index (χ3v) is 2.89. The minimum atomic E-state index is -0.921. The Morgan fingerprint density at radius 2 is 2.12 bits per heavy atom. The van der Waals surface area contributed by atoms with Crippen LogP contribution in [0.2, 0.25) is 0 Å². The van der Waals surface area contributed by atoms with Crippen LogP contribution >= 0.6 is 0 Å². The van der Waals surface area contributed by atoms with Crippen LogP contribution < -0.4 is 5.73 Å². The van der Waals surface area contributed by atoms with E-state index < -0.39 is 5.41 Å². The van der Waals surface area contributed by atoms with Crippen molar-refractivity contribution in [2.24, 2.45) is 5.73 Å². The minimum Gasteiger partial charge on any atom is -0.468 e. The average Bonchev–Trinajstić information content (AvgIpc) is 2.35. The number of hydrogen-bond acceptors (Lipinski definition) is 4. The molecule has 0 amide bonds. The average molecular weight is 237 g/mol. The van der Waals surface area contributed by atoms with Gasteiger partial charge in [0.05, 0.1) is 13.7 Å². The predicted molar refractivity (Wildman–Crippen MR) is 65.8 cm³/mol. The van der Waals surface area contributed by atoms with Crippen LogP contribution in [0, 0.1) is 6.92 Å². The summed E-state index contributed by atoms with van der Waals surface area (Å²) >= 11 is 0. The van der Waals surface area contributed by atoms with E-state index in [-0.39, 0.29) is 19.1 Å². The molecule has 0 spiro atoms. The fourth-order valence-electron chi connectivity index (χ4n) is 1.90. The summed E-state index contributed by atoms with van der Waals surface area (Å²) in [5.74, 6) is -0.368. The molecule has 17 heavy (non-hydrogen) atoms. The van der Waals surface area contributed by atoms with Gasteiger partial charge in [0, 0.05) is 13.7 Å². The molecule has 1 atom stereocenters. The van der Waals surface area contributed by atoms with Crippen LogP contribution in [0.1, 0.15) is 11.1 Å². The van der Waals surface area contributed by atoms with E-state index in [1.165, 1.54) is 7.11 Å². The minimum absolute atomic E-state index is 0.150. The van der Waals surface area contributed by atoms with Gasteiger partial charge >= 0.3 is 5.97 Å². The maximum Gasteiger partial charge on any atom is 0.319 e. The van der Waals surface area contributed by atoms with E-state index in [1.807, 2.05) is 31.2 Å². The number of methoxy groups -OCH3 is 2. The molecule has 94 valence electrons. The molecule has 0 fully saturated rings. The molecule has 0 aromatic heterocycles. The molecule has 1 rings (SSSR count). The molecular weight excluding hydrogens is 218 g/mol. The van der Waals surface area contributed by atoms with Gasteiger partial charge in [0.1, 0.15) is 5.41 Å². The highest BCUT2D eigenvalue weighted by molar-refractivity contribution is 5.83. The maximum absolute atomic E-state index is 12.0. The van der Waals surface area contributed by atoms with Gasteiger partial charge in [-0.05, 0) is 12.5 Å². The van der Waals surface area contributed by atoms with Gasteiger partial charge in [-0.3, -0.25) is 4.79 Å². The van der Waals surface area contributed by atoms with Gasteiger partial charge in [-0.1, -0.05) is 29.8 Å². The fourth-order valence-corrected chi connectivity index (χ4v) is 1.90. The molecule has 4 nitrogen and oxygen atoms in total. The monoisotopic (exact) mass is 237 g/mol. The van der Waals surface area contributed by atoms with Crippen molar-refractivity contribution in [3.63, 3.8) is 0 Å². The van der Waals surface area contributed by atoms with E-state index in [0.717, 1.165) is 11.1 Å². The predicted octanol–water partition coefficient (Wildman–Crippen LogP) is 1.01. The molecule has 0 saturated heterocycles. The fraction of sp³-hybridized carbons (Fsp3) is 0.462. The van der Waals surface area contributed by atoms with Gasteiger partial charge in [-0.25, -0.2) is 0 Å². The number of benzene rings is 1. The van der Waals surface area contributed by atoms with Crippen LogP contribution in [-0.2, 0) is 19.7 Å². The number of rotatable bonds is 5. The number of hydrogen-bond donors (Lipinski definition) is 1. The molecule has 2 N–H and O–H groups in total.